The summed E-state index contributed by atoms with van der Waals surface area (Å²) in [6.07, 6.45) is 0. The molecular weight excluding hydrogens is 372 g/mol. The van der Waals surface area contributed by atoms with Crippen molar-refractivity contribution in [3.63, 3.8) is 0 Å². The Hall–Kier alpha value is -2.50. The van der Waals surface area contributed by atoms with E-state index >= 15 is 0 Å². The highest BCUT2D eigenvalue weighted by molar-refractivity contribution is 7.99. The SMILES string of the molecule is Cn1c(CN2CCOCC2)nnc1SCC(=O)Nc1ccc([N+](=O)[O-])cc1. The zero-order valence-electron chi connectivity index (χ0n) is 14.8. The van der Waals surface area contributed by atoms with Gasteiger partial charge in [-0.15, -0.1) is 10.2 Å². The molecule has 0 radical (unpaired) electrons. The van der Waals surface area contributed by atoms with E-state index in [4.69, 9.17) is 4.74 Å². The Labute approximate surface area is 160 Å². The predicted molar refractivity (Wildman–Crippen MR) is 99.5 cm³/mol. The average Bonchev–Trinajstić information content (AvgIpc) is 3.01. The van der Waals surface area contributed by atoms with Gasteiger partial charge in [0.05, 0.1) is 30.4 Å². The van der Waals surface area contributed by atoms with E-state index < -0.39 is 4.92 Å². The lowest BCUT2D eigenvalue weighted by Crippen LogP contribution is -2.36. The van der Waals surface area contributed by atoms with E-state index in [1.54, 1.807) is 0 Å². The lowest BCUT2D eigenvalue weighted by atomic mass is 10.3. The molecule has 2 aromatic rings. The molecule has 1 aromatic heterocycles. The van der Waals surface area contributed by atoms with Crippen LogP contribution in [0, 0.1) is 10.1 Å². The van der Waals surface area contributed by atoms with Crippen LogP contribution in [0.2, 0.25) is 0 Å². The van der Waals surface area contributed by atoms with Crippen molar-refractivity contribution in [3.8, 4) is 0 Å². The van der Waals surface area contributed by atoms with Gasteiger partial charge in [0.15, 0.2) is 5.16 Å². The number of non-ortho nitro benzene ring substituents is 1. The molecule has 1 N–H and O–H groups in total. The third-order valence-electron chi connectivity index (χ3n) is 4.09. The molecule has 0 spiro atoms. The van der Waals surface area contributed by atoms with Gasteiger partial charge in [-0.2, -0.15) is 0 Å². The van der Waals surface area contributed by atoms with Gasteiger partial charge in [-0.1, -0.05) is 11.8 Å². The summed E-state index contributed by atoms with van der Waals surface area (Å²) in [7, 11) is 1.88. The number of benzene rings is 1. The number of nitrogens with zero attached hydrogens (tertiary/aromatic N) is 5. The first kappa shape index (κ1) is 19.3. The largest absolute Gasteiger partial charge is 0.379 e. The lowest BCUT2D eigenvalue weighted by molar-refractivity contribution is -0.384. The van der Waals surface area contributed by atoms with E-state index in [2.05, 4.69) is 20.4 Å². The van der Waals surface area contributed by atoms with Crippen molar-refractivity contribution < 1.29 is 14.5 Å². The van der Waals surface area contributed by atoms with Gasteiger partial charge in [-0.3, -0.25) is 19.8 Å². The Morgan fingerprint density at radius 1 is 1.30 bits per heavy atom. The number of nitro groups is 1. The molecule has 1 aliphatic rings. The highest BCUT2D eigenvalue weighted by atomic mass is 32.2. The minimum atomic E-state index is -0.482. The lowest BCUT2D eigenvalue weighted by Gasteiger charge is -2.25. The van der Waals surface area contributed by atoms with E-state index in [0.717, 1.165) is 32.1 Å². The van der Waals surface area contributed by atoms with E-state index in [-0.39, 0.29) is 17.3 Å². The van der Waals surface area contributed by atoms with Gasteiger partial charge < -0.3 is 14.6 Å². The second kappa shape index (κ2) is 8.93. The first-order valence-electron chi connectivity index (χ1n) is 8.38. The Balaban J connectivity index is 1.50. The zero-order chi connectivity index (χ0) is 19.2. The van der Waals surface area contributed by atoms with Gasteiger partial charge in [-0.25, -0.2) is 0 Å². The normalized spacial score (nSPS) is 14.9. The third-order valence-corrected chi connectivity index (χ3v) is 5.11. The highest BCUT2D eigenvalue weighted by Gasteiger charge is 2.16. The Kier molecular flexibility index (Phi) is 6.37. The zero-order valence-corrected chi connectivity index (χ0v) is 15.6. The number of carbonyl (C=O) groups excluding carboxylic acids is 1. The van der Waals surface area contributed by atoms with Crippen molar-refractivity contribution in [2.75, 3.05) is 37.4 Å². The second-order valence-corrected chi connectivity index (χ2v) is 6.93. The summed E-state index contributed by atoms with van der Waals surface area (Å²) in [4.78, 5) is 24.5. The molecule has 2 heterocycles. The molecule has 1 amide bonds. The number of ether oxygens (including phenoxy) is 1. The van der Waals surface area contributed by atoms with Crippen LogP contribution < -0.4 is 5.32 Å². The van der Waals surface area contributed by atoms with Gasteiger partial charge in [0.1, 0.15) is 5.82 Å². The average molecular weight is 392 g/mol. The number of hydrogen-bond donors (Lipinski definition) is 1. The van der Waals surface area contributed by atoms with Gasteiger partial charge >= 0.3 is 0 Å². The fraction of sp³-hybridized carbons (Fsp3) is 0.438. The summed E-state index contributed by atoms with van der Waals surface area (Å²) in [6, 6.07) is 5.71. The molecule has 0 bridgehead atoms. The Morgan fingerprint density at radius 2 is 2.00 bits per heavy atom. The van der Waals surface area contributed by atoms with Gasteiger partial charge in [0.2, 0.25) is 5.91 Å². The summed E-state index contributed by atoms with van der Waals surface area (Å²) in [5.41, 5.74) is 0.492. The number of hydrogen-bond acceptors (Lipinski definition) is 8. The maximum Gasteiger partial charge on any atom is 0.269 e. The Morgan fingerprint density at radius 3 is 2.67 bits per heavy atom. The monoisotopic (exact) mass is 392 g/mol. The predicted octanol–water partition coefficient (Wildman–Crippen LogP) is 1.29. The number of anilines is 1. The summed E-state index contributed by atoms with van der Waals surface area (Å²) >= 11 is 1.29. The fourth-order valence-corrected chi connectivity index (χ4v) is 3.29. The molecule has 1 fully saturated rings. The van der Waals surface area contributed by atoms with Crippen LogP contribution >= 0.6 is 11.8 Å². The number of aromatic nitrogens is 3. The van der Waals surface area contributed by atoms with E-state index in [0.29, 0.717) is 17.4 Å². The molecule has 0 saturated carbocycles. The number of nitrogens with one attached hydrogen (secondary N) is 1. The first-order chi connectivity index (χ1) is 13.0. The van der Waals surface area contributed by atoms with E-state index in [1.807, 2.05) is 11.6 Å². The molecule has 10 nitrogen and oxygen atoms in total. The van der Waals surface area contributed by atoms with Crippen molar-refractivity contribution >= 4 is 29.0 Å². The van der Waals surface area contributed by atoms with Crippen LogP contribution in [0.5, 0.6) is 0 Å². The van der Waals surface area contributed by atoms with Crippen LogP contribution in [0.1, 0.15) is 5.82 Å². The molecule has 27 heavy (non-hydrogen) atoms. The number of morpholine rings is 1. The number of thioether (sulfide) groups is 1. The molecule has 144 valence electrons. The molecule has 1 aromatic carbocycles. The van der Waals surface area contributed by atoms with Gasteiger partial charge in [0.25, 0.3) is 5.69 Å². The van der Waals surface area contributed by atoms with Crippen molar-refractivity contribution in [2.24, 2.45) is 7.05 Å². The molecule has 0 aliphatic carbocycles. The van der Waals surface area contributed by atoms with Crippen LogP contribution in [0.15, 0.2) is 29.4 Å². The number of rotatable bonds is 7. The van der Waals surface area contributed by atoms with Crippen LogP contribution in [-0.4, -0.2) is 62.6 Å². The smallest absolute Gasteiger partial charge is 0.269 e. The quantitative estimate of drug-likeness (QED) is 0.426. The van der Waals surface area contributed by atoms with Crippen molar-refractivity contribution in [1.82, 2.24) is 19.7 Å². The van der Waals surface area contributed by atoms with Gasteiger partial charge in [0, 0.05) is 38.0 Å². The van der Waals surface area contributed by atoms with Crippen molar-refractivity contribution in [3.05, 3.63) is 40.2 Å². The molecule has 3 rings (SSSR count). The summed E-state index contributed by atoms with van der Waals surface area (Å²) < 4.78 is 7.23. The van der Waals surface area contributed by atoms with E-state index in [1.165, 1.54) is 36.0 Å². The van der Waals surface area contributed by atoms with Crippen molar-refractivity contribution in [1.29, 1.82) is 0 Å². The molecular formula is C16H20N6O4S. The summed E-state index contributed by atoms with van der Waals surface area (Å²) in [5.74, 6) is 0.794. The van der Waals surface area contributed by atoms with Crippen LogP contribution in [-0.2, 0) is 23.1 Å². The first-order valence-corrected chi connectivity index (χ1v) is 9.37. The fourth-order valence-electron chi connectivity index (χ4n) is 2.56. The Bertz CT molecular complexity index is 804. The van der Waals surface area contributed by atoms with E-state index in [9.17, 15) is 14.9 Å². The third kappa shape index (κ3) is 5.25. The maximum atomic E-state index is 12.1. The van der Waals surface area contributed by atoms with Crippen LogP contribution in [0.25, 0.3) is 0 Å². The molecule has 1 aliphatic heterocycles. The van der Waals surface area contributed by atoms with Crippen LogP contribution in [0.3, 0.4) is 0 Å². The van der Waals surface area contributed by atoms with Gasteiger partial charge in [-0.05, 0) is 12.1 Å². The van der Waals surface area contributed by atoms with Crippen molar-refractivity contribution in [2.45, 2.75) is 11.7 Å². The minimum absolute atomic E-state index is 0.0192. The number of amides is 1. The number of nitro benzene ring substituents is 1. The maximum absolute atomic E-state index is 12.1. The highest BCUT2D eigenvalue weighted by Crippen LogP contribution is 2.19. The molecule has 11 heteroatoms. The number of carbonyl (C=O) groups is 1. The van der Waals surface area contributed by atoms with Crippen LogP contribution in [0.4, 0.5) is 11.4 Å². The topological polar surface area (TPSA) is 115 Å². The molecule has 1 saturated heterocycles. The molecule has 0 unspecified atom stereocenters. The summed E-state index contributed by atoms with van der Waals surface area (Å²) in [5, 5.41) is 22.4. The standard InChI is InChI=1S/C16H20N6O4S/c1-20-14(10-21-6-8-26-9-7-21)18-19-16(20)27-11-15(23)17-12-2-4-13(5-3-12)22(24)25/h2-5H,6-11H2,1H3,(H,17,23). The summed E-state index contributed by atoms with van der Waals surface area (Å²) in [6.45, 7) is 3.88. The minimum Gasteiger partial charge on any atom is -0.379 e. The second-order valence-electron chi connectivity index (χ2n) is 5.99. The molecule has 0 atom stereocenters.